The standard InChI is InChI=1S/C21H24N4O2S2/c1-15(21-23-16-5-2-3-6-17(16)29-21)24-10-12-25(13-11-24)19(26)8-9-22-20(27)18-7-4-14-28-18/h2-7,14-15H,8-13H2,1H3,(H,22,27). The number of thiophene rings is 1. The predicted molar refractivity (Wildman–Crippen MR) is 117 cm³/mol. The van der Waals surface area contributed by atoms with Crippen molar-refractivity contribution in [1.82, 2.24) is 20.1 Å². The van der Waals surface area contributed by atoms with Crippen LogP contribution in [0.25, 0.3) is 10.2 Å². The molecule has 1 fully saturated rings. The van der Waals surface area contributed by atoms with Crippen LogP contribution in [0.3, 0.4) is 0 Å². The van der Waals surface area contributed by atoms with E-state index in [2.05, 4.69) is 29.3 Å². The lowest BCUT2D eigenvalue weighted by atomic mass is 10.2. The number of carbonyl (C=O) groups excluding carboxylic acids is 2. The number of para-hydroxylation sites is 1. The van der Waals surface area contributed by atoms with Crippen molar-refractivity contribution in [2.24, 2.45) is 0 Å². The van der Waals surface area contributed by atoms with Gasteiger partial charge in [-0.25, -0.2) is 4.98 Å². The van der Waals surface area contributed by atoms with Crippen molar-refractivity contribution in [3.63, 3.8) is 0 Å². The van der Waals surface area contributed by atoms with Crippen LogP contribution in [0.5, 0.6) is 0 Å². The first-order chi connectivity index (χ1) is 14.1. The fraction of sp³-hybridized carbons (Fsp3) is 0.381. The fourth-order valence-electron chi connectivity index (χ4n) is 3.52. The van der Waals surface area contributed by atoms with Gasteiger partial charge in [-0.05, 0) is 30.5 Å². The number of aromatic nitrogens is 1. The van der Waals surface area contributed by atoms with Gasteiger partial charge in [-0.3, -0.25) is 14.5 Å². The first kappa shape index (κ1) is 20.0. The highest BCUT2D eigenvalue weighted by molar-refractivity contribution is 7.18. The maximum Gasteiger partial charge on any atom is 0.261 e. The second-order valence-corrected chi connectivity index (χ2v) is 9.11. The number of thiazole rings is 1. The maximum absolute atomic E-state index is 12.5. The molecule has 1 aliphatic heterocycles. The largest absolute Gasteiger partial charge is 0.351 e. The van der Waals surface area contributed by atoms with Crippen LogP contribution in [0.4, 0.5) is 0 Å². The van der Waals surface area contributed by atoms with E-state index in [1.165, 1.54) is 16.0 Å². The van der Waals surface area contributed by atoms with Crippen molar-refractivity contribution in [2.45, 2.75) is 19.4 Å². The molecule has 29 heavy (non-hydrogen) atoms. The molecule has 0 bridgehead atoms. The molecule has 8 heteroatoms. The SMILES string of the molecule is CC(c1nc2ccccc2s1)N1CCN(C(=O)CCNC(=O)c2cccs2)CC1. The summed E-state index contributed by atoms with van der Waals surface area (Å²) >= 11 is 3.15. The van der Waals surface area contributed by atoms with E-state index in [0.29, 0.717) is 30.9 Å². The van der Waals surface area contributed by atoms with Gasteiger partial charge >= 0.3 is 0 Å². The fourth-order valence-corrected chi connectivity index (χ4v) is 5.21. The van der Waals surface area contributed by atoms with Crippen molar-refractivity contribution < 1.29 is 9.59 Å². The van der Waals surface area contributed by atoms with Crippen LogP contribution in [0.2, 0.25) is 0 Å². The lowest BCUT2D eigenvalue weighted by Crippen LogP contribution is -2.49. The summed E-state index contributed by atoms with van der Waals surface area (Å²) in [7, 11) is 0. The van der Waals surface area contributed by atoms with Crippen LogP contribution in [0.15, 0.2) is 41.8 Å². The normalized spacial score (nSPS) is 16.1. The second kappa shape index (κ2) is 9.02. The number of nitrogens with zero attached hydrogens (tertiary/aromatic N) is 3. The lowest BCUT2D eigenvalue weighted by molar-refractivity contribution is -0.133. The summed E-state index contributed by atoms with van der Waals surface area (Å²) < 4.78 is 1.22. The summed E-state index contributed by atoms with van der Waals surface area (Å²) in [6.45, 7) is 5.67. The number of fused-ring (bicyclic) bond motifs is 1. The molecule has 1 atom stereocenters. The smallest absolute Gasteiger partial charge is 0.261 e. The molecule has 1 unspecified atom stereocenters. The van der Waals surface area contributed by atoms with Gasteiger partial charge in [0.05, 0.1) is 21.1 Å². The quantitative estimate of drug-likeness (QED) is 0.654. The third-order valence-electron chi connectivity index (χ3n) is 5.25. The Labute approximate surface area is 178 Å². The van der Waals surface area contributed by atoms with Gasteiger partial charge < -0.3 is 10.2 Å². The Morgan fingerprint density at radius 3 is 2.66 bits per heavy atom. The zero-order valence-electron chi connectivity index (χ0n) is 16.3. The van der Waals surface area contributed by atoms with Gasteiger partial charge in [0.25, 0.3) is 5.91 Å². The molecule has 0 radical (unpaired) electrons. The molecular formula is C21H24N4O2S2. The predicted octanol–water partition coefficient (Wildman–Crippen LogP) is 3.38. The summed E-state index contributed by atoms with van der Waals surface area (Å²) in [5.41, 5.74) is 1.05. The van der Waals surface area contributed by atoms with Crippen LogP contribution >= 0.6 is 22.7 Å². The summed E-state index contributed by atoms with van der Waals surface area (Å²) in [5, 5.41) is 5.82. The number of amides is 2. The molecule has 0 saturated carbocycles. The zero-order valence-corrected chi connectivity index (χ0v) is 18.0. The number of hydrogen-bond acceptors (Lipinski definition) is 6. The minimum Gasteiger partial charge on any atom is -0.351 e. The molecule has 1 aromatic carbocycles. The van der Waals surface area contributed by atoms with E-state index in [9.17, 15) is 9.59 Å². The van der Waals surface area contributed by atoms with E-state index in [0.717, 1.165) is 23.6 Å². The van der Waals surface area contributed by atoms with Gasteiger partial charge in [-0.2, -0.15) is 0 Å². The Morgan fingerprint density at radius 1 is 1.14 bits per heavy atom. The van der Waals surface area contributed by atoms with Crippen molar-refractivity contribution in [2.75, 3.05) is 32.7 Å². The third kappa shape index (κ3) is 4.66. The first-order valence-electron chi connectivity index (χ1n) is 9.81. The van der Waals surface area contributed by atoms with Crippen LogP contribution < -0.4 is 5.32 Å². The molecule has 2 amide bonds. The molecule has 3 aromatic rings. The third-order valence-corrected chi connectivity index (χ3v) is 7.33. The number of rotatable bonds is 6. The Balaban J connectivity index is 1.24. The molecule has 152 valence electrons. The Hall–Kier alpha value is -2.29. The average molecular weight is 429 g/mol. The number of hydrogen-bond donors (Lipinski definition) is 1. The molecule has 0 aliphatic carbocycles. The molecule has 1 saturated heterocycles. The van der Waals surface area contributed by atoms with E-state index in [4.69, 9.17) is 4.98 Å². The minimum absolute atomic E-state index is 0.101. The van der Waals surface area contributed by atoms with Gasteiger partial charge in [0.2, 0.25) is 5.91 Å². The molecule has 3 heterocycles. The van der Waals surface area contributed by atoms with Gasteiger partial charge in [0.1, 0.15) is 5.01 Å². The maximum atomic E-state index is 12.5. The van der Waals surface area contributed by atoms with E-state index < -0.39 is 0 Å². The van der Waals surface area contributed by atoms with E-state index in [1.807, 2.05) is 28.5 Å². The van der Waals surface area contributed by atoms with E-state index in [-0.39, 0.29) is 17.9 Å². The molecule has 1 aliphatic rings. The van der Waals surface area contributed by atoms with Crippen molar-refractivity contribution in [3.8, 4) is 0 Å². The average Bonchev–Trinajstić information content (AvgIpc) is 3.43. The monoisotopic (exact) mass is 428 g/mol. The molecule has 4 rings (SSSR count). The topological polar surface area (TPSA) is 65.5 Å². The van der Waals surface area contributed by atoms with Gasteiger partial charge in [-0.15, -0.1) is 22.7 Å². The summed E-state index contributed by atoms with van der Waals surface area (Å²) in [5.74, 6) is -0.00829. The molecule has 0 spiro atoms. The highest BCUT2D eigenvalue weighted by Crippen LogP contribution is 2.29. The molecule has 2 aromatic heterocycles. The highest BCUT2D eigenvalue weighted by Gasteiger charge is 2.26. The minimum atomic E-state index is -0.109. The second-order valence-electron chi connectivity index (χ2n) is 7.10. The van der Waals surface area contributed by atoms with Crippen LogP contribution in [-0.4, -0.2) is 59.3 Å². The van der Waals surface area contributed by atoms with Gasteiger partial charge in [0.15, 0.2) is 0 Å². The van der Waals surface area contributed by atoms with Crippen molar-refractivity contribution in [1.29, 1.82) is 0 Å². The van der Waals surface area contributed by atoms with Gasteiger partial charge in [-0.1, -0.05) is 18.2 Å². The number of benzene rings is 1. The highest BCUT2D eigenvalue weighted by atomic mass is 32.1. The van der Waals surface area contributed by atoms with Gasteiger partial charge in [0, 0.05) is 39.1 Å². The zero-order chi connectivity index (χ0) is 20.2. The number of nitrogens with one attached hydrogen (secondary N) is 1. The van der Waals surface area contributed by atoms with Crippen molar-refractivity contribution >= 4 is 44.7 Å². The van der Waals surface area contributed by atoms with Crippen molar-refractivity contribution in [3.05, 3.63) is 51.7 Å². The van der Waals surface area contributed by atoms with Crippen LogP contribution in [0.1, 0.15) is 34.1 Å². The molecular weight excluding hydrogens is 404 g/mol. The van der Waals surface area contributed by atoms with E-state index in [1.54, 1.807) is 17.4 Å². The first-order valence-corrected chi connectivity index (χ1v) is 11.5. The number of piperazine rings is 1. The lowest BCUT2D eigenvalue weighted by Gasteiger charge is -2.37. The summed E-state index contributed by atoms with van der Waals surface area (Å²) in [4.78, 5) is 34.2. The number of carbonyl (C=O) groups is 2. The Bertz CT molecular complexity index is 945. The molecule has 1 N–H and O–H groups in total. The Kier molecular flexibility index (Phi) is 6.22. The molecule has 6 nitrogen and oxygen atoms in total. The summed E-state index contributed by atoms with van der Waals surface area (Å²) in [6, 6.07) is 12.1. The summed E-state index contributed by atoms with van der Waals surface area (Å²) in [6.07, 6.45) is 0.338. The Morgan fingerprint density at radius 2 is 1.93 bits per heavy atom. The van der Waals surface area contributed by atoms with Crippen LogP contribution in [-0.2, 0) is 4.79 Å². The van der Waals surface area contributed by atoms with E-state index >= 15 is 0 Å². The van der Waals surface area contributed by atoms with Crippen LogP contribution in [0, 0.1) is 0 Å².